The Labute approximate surface area is 112 Å². The Kier molecular flexibility index (Phi) is 3.63. The third kappa shape index (κ3) is 2.68. The maximum absolute atomic E-state index is 5.91. The van der Waals surface area contributed by atoms with E-state index in [9.17, 15) is 0 Å². The van der Waals surface area contributed by atoms with Crippen molar-refractivity contribution < 1.29 is 4.74 Å². The third-order valence-corrected chi connectivity index (χ3v) is 2.91. The Morgan fingerprint density at radius 3 is 2.50 bits per heavy atom. The number of ether oxygens (including phenoxy) is 1. The predicted molar refractivity (Wildman–Crippen MR) is 78.3 cm³/mol. The monoisotopic (exact) mass is 257 g/mol. The van der Waals surface area contributed by atoms with Crippen molar-refractivity contribution in [2.45, 2.75) is 13.8 Å². The van der Waals surface area contributed by atoms with Crippen LogP contribution in [0.4, 0.5) is 0 Å². The van der Waals surface area contributed by atoms with Gasteiger partial charge in [0.2, 0.25) is 0 Å². The quantitative estimate of drug-likeness (QED) is 0.851. The topological polar surface area (TPSA) is 35.2 Å². The van der Waals surface area contributed by atoms with E-state index in [1.54, 1.807) is 0 Å². The summed E-state index contributed by atoms with van der Waals surface area (Å²) < 4.78 is 5.91. The molecule has 0 saturated carbocycles. The molecular weight excluding hydrogens is 242 g/mol. The highest BCUT2D eigenvalue weighted by Crippen LogP contribution is 2.29. The molecular formula is C15H15NOS. The lowest BCUT2D eigenvalue weighted by Gasteiger charge is -2.13. The molecule has 3 heteroatoms. The van der Waals surface area contributed by atoms with Crippen molar-refractivity contribution in [3.63, 3.8) is 0 Å². The van der Waals surface area contributed by atoms with Gasteiger partial charge in [0, 0.05) is 0 Å². The van der Waals surface area contributed by atoms with E-state index in [-0.39, 0.29) is 0 Å². The van der Waals surface area contributed by atoms with Crippen LogP contribution in [-0.4, -0.2) is 4.99 Å². The minimum atomic E-state index is 0.348. The van der Waals surface area contributed by atoms with Gasteiger partial charge in [0.1, 0.15) is 16.5 Å². The number of hydrogen-bond donors (Lipinski definition) is 1. The smallest absolute Gasteiger partial charge is 0.140 e. The average Bonchev–Trinajstić information content (AvgIpc) is 2.31. The van der Waals surface area contributed by atoms with Crippen molar-refractivity contribution in [1.82, 2.24) is 0 Å². The molecule has 0 atom stereocenters. The van der Waals surface area contributed by atoms with Gasteiger partial charge in [-0.05, 0) is 43.2 Å². The number of aryl methyl sites for hydroxylation is 2. The molecule has 2 aromatic carbocycles. The highest BCUT2D eigenvalue weighted by Gasteiger charge is 2.10. The largest absolute Gasteiger partial charge is 0.456 e. The first-order valence-electron chi connectivity index (χ1n) is 5.72. The van der Waals surface area contributed by atoms with Crippen molar-refractivity contribution >= 4 is 17.2 Å². The molecule has 0 aliphatic rings. The molecule has 92 valence electrons. The zero-order chi connectivity index (χ0) is 13.1. The van der Waals surface area contributed by atoms with Gasteiger partial charge < -0.3 is 10.5 Å². The van der Waals surface area contributed by atoms with E-state index in [1.165, 1.54) is 0 Å². The normalized spacial score (nSPS) is 10.1. The van der Waals surface area contributed by atoms with Gasteiger partial charge in [-0.1, -0.05) is 36.5 Å². The number of benzene rings is 2. The second-order valence-electron chi connectivity index (χ2n) is 4.23. The van der Waals surface area contributed by atoms with Gasteiger partial charge in [-0.3, -0.25) is 0 Å². The van der Waals surface area contributed by atoms with Crippen LogP contribution < -0.4 is 10.5 Å². The summed E-state index contributed by atoms with van der Waals surface area (Å²) >= 11 is 5.05. The van der Waals surface area contributed by atoms with E-state index >= 15 is 0 Å². The van der Waals surface area contributed by atoms with Gasteiger partial charge in [0.05, 0.1) is 5.56 Å². The Bertz CT molecular complexity index is 593. The van der Waals surface area contributed by atoms with Crippen LogP contribution in [-0.2, 0) is 0 Å². The molecule has 18 heavy (non-hydrogen) atoms. The molecule has 2 aromatic rings. The molecule has 0 saturated heterocycles. The Morgan fingerprint density at radius 2 is 1.83 bits per heavy atom. The summed E-state index contributed by atoms with van der Waals surface area (Å²) in [5.74, 6) is 1.53. The highest BCUT2D eigenvalue weighted by molar-refractivity contribution is 7.80. The summed E-state index contributed by atoms with van der Waals surface area (Å²) in [5, 5.41) is 0. The highest BCUT2D eigenvalue weighted by atomic mass is 32.1. The summed E-state index contributed by atoms with van der Waals surface area (Å²) in [4.78, 5) is 0.348. The zero-order valence-corrected chi connectivity index (χ0v) is 11.3. The van der Waals surface area contributed by atoms with Crippen LogP contribution in [0.25, 0.3) is 0 Å². The Morgan fingerprint density at radius 1 is 1.11 bits per heavy atom. The molecule has 0 radical (unpaired) electrons. The molecule has 0 aromatic heterocycles. The van der Waals surface area contributed by atoms with Crippen LogP contribution in [0.5, 0.6) is 11.5 Å². The van der Waals surface area contributed by atoms with Crippen LogP contribution in [0.15, 0.2) is 42.5 Å². The van der Waals surface area contributed by atoms with Gasteiger partial charge in [-0.2, -0.15) is 0 Å². The summed E-state index contributed by atoms with van der Waals surface area (Å²) in [6.45, 7) is 4.01. The molecule has 0 aliphatic carbocycles. The standard InChI is InChI=1S/C15H15NOS/c1-10-5-3-7-12(9-10)17-14-11(2)6-4-8-13(14)15(16)18/h3-9H,1-2H3,(H2,16,18). The first-order valence-corrected chi connectivity index (χ1v) is 6.12. The second kappa shape index (κ2) is 5.19. The molecule has 0 bridgehead atoms. The van der Waals surface area contributed by atoms with E-state index in [0.29, 0.717) is 4.99 Å². The van der Waals surface area contributed by atoms with Gasteiger partial charge in [-0.15, -0.1) is 0 Å². The minimum absolute atomic E-state index is 0.348. The zero-order valence-electron chi connectivity index (χ0n) is 10.4. The Balaban J connectivity index is 2.42. The van der Waals surface area contributed by atoms with E-state index in [0.717, 1.165) is 28.2 Å². The summed E-state index contributed by atoms with van der Waals surface area (Å²) in [6.07, 6.45) is 0. The fourth-order valence-electron chi connectivity index (χ4n) is 1.78. The number of hydrogen-bond acceptors (Lipinski definition) is 2. The van der Waals surface area contributed by atoms with E-state index < -0.39 is 0 Å². The van der Waals surface area contributed by atoms with Gasteiger partial charge in [0.25, 0.3) is 0 Å². The van der Waals surface area contributed by atoms with E-state index in [2.05, 4.69) is 0 Å². The van der Waals surface area contributed by atoms with Crippen molar-refractivity contribution in [3.05, 3.63) is 59.2 Å². The number of thiocarbonyl (C=S) groups is 1. The molecule has 2 N–H and O–H groups in total. The lowest BCUT2D eigenvalue weighted by atomic mass is 10.1. The molecule has 2 rings (SSSR count). The van der Waals surface area contributed by atoms with Gasteiger partial charge in [-0.25, -0.2) is 0 Å². The number of nitrogens with two attached hydrogens (primary N) is 1. The fraction of sp³-hybridized carbons (Fsp3) is 0.133. The molecule has 0 aliphatic heterocycles. The van der Waals surface area contributed by atoms with Crippen molar-refractivity contribution in [2.24, 2.45) is 5.73 Å². The van der Waals surface area contributed by atoms with Crippen molar-refractivity contribution in [3.8, 4) is 11.5 Å². The summed E-state index contributed by atoms with van der Waals surface area (Å²) in [6, 6.07) is 13.7. The van der Waals surface area contributed by atoms with Crippen LogP contribution in [0.3, 0.4) is 0 Å². The lowest BCUT2D eigenvalue weighted by Crippen LogP contribution is -2.11. The maximum Gasteiger partial charge on any atom is 0.140 e. The molecule has 2 nitrogen and oxygen atoms in total. The summed E-state index contributed by atoms with van der Waals surface area (Å²) in [5.41, 5.74) is 8.65. The van der Waals surface area contributed by atoms with E-state index in [1.807, 2.05) is 56.3 Å². The Hall–Kier alpha value is -1.87. The molecule has 0 fully saturated rings. The van der Waals surface area contributed by atoms with Gasteiger partial charge >= 0.3 is 0 Å². The first-order chi connectivity index (χ1) is 8.58. The molecule has 0 unspecified atom stereocenters. The SMILES string of the molecule is Cc1cccc(Oc2c(C)cccc2C(N)=S)c1. The van der Waals surface area contributed by atoms with Crippen molar-refractivity contribution in [2.75, 3.05) is 0 Å². The number of rotatable bonds is 3. The molecule has 0 heterocycles. The van der Waals surface area contributed by atoms with Crippen molar-refractivity contribution in [1.29, 1.82) is 0 Å². The minimum Gasteiger partial charge on any atom is -0.456 e. The average molecular weight is 257 g/mol. The lowest BCUT2D eigenvalue weighted by molar-refractivity contribution is 0.477. The second-order valence-corrected chi connectivity index (χ2v) is 4.67. The van der Waals surface area contributed by atoms with Crippen LogP contribution in [0.2, 0.25) is 0 Å². The van der Waals surface area contributed by atoms with Crippen LogP contribution >= 0.6 is 12.2 Å². The maximum atomic E-state index is 5.91. The fourth-order valence-corrected chi connectivity index (χ4v) is 1.94. The molecule has 0 amide bonds. The van der Waals surface area contributed by atoms with Gasteiger partial charge in [0.15, 0.2) is 0 Å². The predicted octanol–water partition coefficient (Wildman–Crippen LogP) is 3.73. The van der Waals surface area contributed by atoms with Crippen LogP contribution in [0, 0.1) is 13.8 Å². The third-order valence-electron chi connectivity index (χ3n) is 2.69. The van der Waals surface area contributed by atoms with Crippen LogP contribution in [0.1, 0.15) is 16.7 Å². The number of para-hydroxylation sites is 1. The molecule has 0 spiro atoms. The summed E-state index contributed by atoms with van der Waals surface area (Å²) in [7, 11) is 0. The van der Waals surface area contributed by atoms with E-state index in [4.69, 9.17) is 22.7 Å². The first kappa shape index (κ1) is 12.6.